The van der Waals surface area contributed by atoms with Crippen LogP contribution in [0.4, 0.5) is 4.79 Å². The van der Waals surface area contributed by atoms with Gasteiger partial charge in [0.25, 0.3) is 0 Å². The summed E-state index contributed by atoms with van der Waals surface area (Å²) in [5.41, 5.74) is 1.10. The minimum atomic E-state index is -0.616. The number of pyridine rings is 2. The van der Waals surface area contributed by atoms with Crippen LogP contribution in [0.2, 0.25) is 0 Å². The Bertz CT molecular complexity index is 1410. The predicted molar refractivity (Wildman–Crippen MR) is 150 cm³/mol. The molecule has 10 heteroatoms. The molecule has 0 saturated carbocycles. The number of aromatic nitrogens is 2. The Balaban J connectivity index is 1.80. The van der Waals surface area contributed by atoms with Gasteiger partial charge in [0.1, 0.15) is 24.0 Å². The van der Waals surface area contributed by atoms with Crippen LogP contribution in [0.3, 0.4) is 0 Å². The van der Waals surface area contributed by atoms with Gasteiger partial charge < -0.3 is 24.3 Å². The van der Waals surface area contributed by atoms with Crippen molar-refractivity contribution < 1.29 is 28.5 Å². The van der Waals surface area contributed by atoms with E-state index < -0.39 is 11.7 Å². The van der Waals surface area contributed by atoms with Crippen LogP contribution in [0.25, 0.3) is 10.9 Å². The third kappa shape index (κ3) is 8.06. The number of amides is 1. The lowest BCUT2D eigenvalue weighted by molar-refractivity contribution is 0.0480. The number of hydrogen-bond donors (Lipinski definition) is 1. The maximum Gasteiger partial charge on any atom is 0.407 e. The van der Waals surface area contributed by atoms with Gasteiger partial charge in [-0.15, -0.1) is 0 Å². The van der Waals surface area contributed by atoms with Crippen molar-refractivity contribution in [2.24, 2.45) is 5.92 Å². The van der Waals surface area contributed by atoms with E-state index in [1.165, 1.54) is 32.8 Å². The molecule has 0 fully saturated rings. The van der Waals surface area contributed by atoms with Gasteiger partial charge in [0, 0.05) is 35.8 Å². The molecule has 0 aliphatic heterocycles. The monoisotopic (exact) mass is 548 g/mol. The Morgan fingerprint density at radius 1 is 1.05 bits per heavy atom. The Labute approximate surface area is 234 Å². The molecule has 40 heavy (non-hydrogen) atoms. The zero-order valence-electron chi connectivity index (χ0n) is 24.0. The van der Waals surface area contributed by atoms with Gasteiger partial charge in [-0.2, -0.15) is 5.26 Å². The van der Waals surface area contributed by atoms with Gasteiger partial charge in [-0.3, -0.25) is 14.8 Å². The van der Waals surface area contributed by atoms with Crippen LogP contribution in [0.1, 0.15) is 62.5 Å². The fraction of sp³-hybridized carbons (Fsp3) is 0.433. The Morgan fingerprint density at radius 2 is 1.75 bits per heavy atom. The van der Waals surface area contributed by atoms with E-state index in [0.29, 0.717) is 51.6 Å². The molecule has 0 saturated heterocycles. The molecule has 1 atom stereocenters. The third-order valence-electron chi connectivity index (χ3n) is 5.91. The van der Waals surface area contributed by atoms with E-state index in [0.717, 1.165) is 0 Å². The van der Waals surface area contributed by atoms with Crippen molar-refractivity contribution in [2.75, 3.05) is 20.8 Å². The number of nitriles is 1. The first-order valence-corrected chi connectivity index (χ1v) is 13.0. The van der Waals surface area contributed by atoms with E-state index in [2.05, 4.69) is 35.2 Å². The molecule has 1 aromatic carbocycles. The second kappa shape index (κ2) is 13.1. The summed E-state index contributed by atoms with van der Waals surface area (Å²) in [6.45, 7) is 9.68. The highest BCUT2D eigenvalue weighted by Crippen LogP contribution is 2.34. The van der Waals surface area contributed by atoms with E-state index in [4.69, 9.17) is 18.9 Å². The number of carbonyl (C=O) groups is 2. The number of nitrogens with one attached hydrogen (secondary N) is 1. The molecule has 0 bridgehead atoms. The minimum Gasteiger partial charge on any atom is -0.493 e. The highest BCUT2D eigenvalue weighted by molar-refractivity contribution is 6.00. The van der Waals surface area contributed by atoms with E-state index in [1.807, 2.05) is 0 Å². The number of rotatable bonds is 11. The molecule has 0 unspecified atom stereocenters. The first-order valence-electron chi connectivity index (χ1n) is 13.0. The molecule has 2 heterocycles. The maximum atomic E-state index is 13.4. The van der Waals surface area contributed by atoms with Gasteiger partial charge in [-0.25, -0.2) is 4.79 Å². The second-order valence-corrected chi connectivity index (χ2v) is 10.8. The number of carbonyl (C=O) groups excluding carboxylic acids is 2. The zero-order chi connectivity index (χ0) is 29.4. The lowest BCUT2D eigenvalue weighted by Crippen LogP contribution is -2.42. The standard InChI is InChI=1S/C30H36N4O6/c1-18(2)8-21(34-29(36)40-30(3,4)5)17-39-22-9-19(14-32-16-22)26(35)10-23-20(13-31)15-33-25-12-28(38-7)27(37-6)11-24(23)25/h9,11-12,14-16,18,21H,8,10,17H2,1-7H3,(H,34,36)/t21-/m0/s1. The number of ketones is 1. The van der Waals surface area contributed by atoms with Crippen molar-refractivity contribution in [1.29, 1.82) is 5.26 Å². The van der Waals surface area contributed by atoms with Crippen LogP contribution in [-0.4, -0.2) is 54.3 Å². The van der Waals surface area contributed by atoms with Crippen LogP contribution in [0, 0.1) is 17.2 Å². The van der Waals surface area contributed by atoms with E-state index >= 15 is 0 Å². The highest BCUT2D eigenvalue weighted by Gasteiger charge is 2.22. The third-order valence-corrected chi connectivity index (χ3v) is 5.91. The molecule has 3 aromatic rings. The molecule has 212 valence electrons. The van der Waals surface area contributed by atoms with Crippen molar-refractivity contribution in [1.82, 2.24) is 15.3 Å². The molecule has 2 aromatic heterocycles. The first-order chi connectivity index (χ1) is 18.9. The van der Waals surface area contributed by atoms with Gasteiger partial charge in [0.15, 0.2) is 17.3 Å². The lowest BCUT2D eigenvalue weighted by Gasteiger charge is -2.24. The summed E-state index contributed by atoms with van der Waals surface area (Å²) < 4.78 is 22.1. The van der Waals surface area contributed by atoms with Gasteiger partial charge in [0.2, 0.25) is 0 Å². The van der Waals surface area contributed by atoms with Gasteiger partial charge in [0.05, 0.1) is 37.5 Å². The SMILES string of the molecule is COc1cc2ncc(C#N)c(CC(=O)c3cncc(OC[C@H](CC(C)C)NC(=O)OC(C)(C)C)c3)c2cc1OC. The normalized spacial score (nSPS) is 12.0. The number of fused-ring (bicyclic) bond motifs is 1. The number of alkyl carbamates (subject to hydrolysis) is 1. The minimum absolute atomic E-state index is 0.0568. The first kappa shape index (κ1) is 30.2. The van der Waals surface area contributed by atoms with Crippen molar-refractivity contribution in [3.8, 4) is 23.3 Å². The molecule has 1 amide bonds. The average Bonchev–Trinajstić information content (AvgIpc) is 2.89. The number of methoxy groups -OCH3 is 2. The summed E-state index contributed by atoms with van der Waals surface area (Å²) >= 11 is 0. The van der Waals surface area contributed by atoms with E-state index in [9.17, 15) is 14.9 Å². The summed E-state index contributed by atoms with van der Waals surface area (Å²) in [7, 11) is 3.04. The smallest absolute Gasteiger partial charge is 0.407 e. The fourth-order valence-corrected chi connectivity index (χ4v) is 4.18. The van der Waals surface area contributed by atoms with Crippen molar-refractivity contribution in [2.45, 2.75) is 59.1 Å². The molecule has 1 N–H and O–H groups in total. The van der Waals surface area contributed by atoms with Crippen molar-refractivity contribution in [3.63, 3.8) is 0 Å². The molecule has 0 aliphatic carbocycles. The van der Waals surface area contributed by atoms with E-state index in [1.54, 1.807) is 39.0 Å². The average molecular weight is 549 g/mol. The Morgan fingerprint density at radius 3 is 2.38 bits per heavy atom. The lowest BCUT2D eigenvalue weighted by atomic mass is 9.96. The largest absolute Gasteiger partial charge is 0.493 e. The zero-order valence-corrected chi connectivity index (χ0v) is 24.0. The number of benzene rings is 1. The Hall–Kier alpha value is -4.39. The molecule has 0 radical (unpaired) electrons. The van der Waals surface area contributed by atoms with Gasteiger partial charge in [-0.05, 0) is 50.8 Å². The summed E-state index contributed by atoms with van der Waals surface area (Å²) in [5.74, 6) is 1.40. The van der Waals surface area contributed by atoms with E-state index in [-0.39, 0.29) is 30.4 Å². The van der Waals surface area contributed by atoms with Gasteiger partial charge in [-0.1, -0.05) is 13.8 Å². The van der Waals surface area contributed by atoms with Crippen molar-refractivity contribution in [3.05, 3.63) is 53.5 Å². The van der Waals surface area contributed by atoms with Crippen molar-refractivity contribution >= 4 is 22.8 Å². The summed E-state index contributed by atoms with van der Waals surface area (Å²) in [6.07, 6.45) is 4.51. The fourth-order valence-electron chi connectivity index (χ4n) is 4.18. The topological polar surface area (TPSA) is 133 Å². The molecule has 10 nitrogen and oxygen atoms in total. The number of hydrogen-bond acceptors (Lipinski definition) is 9. The van der Waals surface area contributed by atoms with Gasteiger partial charge >= 0.3 is 6.09 Å². The molecule has 0 spiro atoms. The van der Waals surface area contributed by atoms with Crippen LogP contribution < -0.4 is 19.5 Å². The number of ether oxygens (including phenoxy) is 4. The summed E-state index contributed by atoms with van der Waals surface area (Å²) in [4.78, 5) is 34.2. The second-order valence-electron chi connectivity index (χ2n) is 10.8. The molecule has 3 rings (SSSR count). The van der Waals surface area contributed by atoms with Crippen LogP contribution in [-0.2, 0) is 11.2 Å². The van der Waals surface area contributed by atoms with Crippen LogP contribution in [0.5, 0.6) is 17.2 Å². The van der Waals surface area contributed by atoms with Crippen LogP contribution >= 0.6 is 0 Å². The number of Topliss-reactive ketones (excluding diaryl/α,β-unsaturated/α-hetero) is 1. The highest BCUT2D eigenvalue weighted by atomic mass is 16.6. The molecule has 0 aliphatic rings. The maximum absolute atomic E-state index is 13.4. The predicted octanol–water partition coefficient (Wildman–Crippen LogP) is 5.26. The molecular formula is C30H36N4O6. The Kier molecular flexibility index (Phi) is 9.88. The quantitative estimate of drug-likeness (QED) is 0.318. The number of nitrogens with zero attached hydrogens (tertiary/aromatic N) is 3. The summed E-state index contributed by atoms with van der Waals surface area (Å²) in [5, 5.41) is 13.2. The van der Waals surface area contributed by atoms with Crippen LogP contribution in [0.15, 0.2) is 36.8 Å². The summed E-state index contributed by atoms with van der Waals surface area (Å²) in [6, 6.07) is 6.85. The molecular weight excluding hydrogens is 512 g/mol.